The Balaban J connectivity index is 1.83. The molecule has 1 fully saturated rings. The van der Waals surface area contributed by atoms with Crippen molar-refractivity contribution in [1.82, 2.24) is 5.32 Å². The molecule has 2 amide bonds. The lowest BCUT2D eigenvalue weighted by atomic mass is 9.86. The third-order valence-corrected chi connectivity index (χ3v) is 5.51. The number of benzene rings is 1. The van der Waals surface area contributed by atoms with Crippen LogP contribution in [-0.4, -0.2) is 24.3 Å². The maximum Gasteiger partial charge on any atom is 0.341 e. The van der Waals surface area contributed by atoms with Crippen LogP contribution in [0.4, 0.5) is 9.18 Å². The standard InChI is InChI=1S/C21H27FN2O3/c1-3-17-18(20(25)27-12-14-7-5-4-6-8-14)19(24-21(26)23-17)15-10-9-13(2)11-16(15)22/h9-11,14,18-19H,3-8,12H2,1-2H3,(H,24,26). The maximum atomic E-state index is 14.6. The minimum Gasteiger partial charge on any atom is -0.465 e. The molecular weight excluding hydrogens is 347 g/mol. The van der Waals surface area contributed by atoms with Crippen molar-refractivity contribution in [2.45, 2.75) is 58.4 Å². The first-order chi connectivity index (χ1) is 13.0. The van der Waals surface area contributed by atoms with Crippen LogP contribution in [0.15, 0.2) is 23.2 Å². The number of aliphatic imine (C=N–C) groups is 1. The van der Waals surface area contributed by atoms with Gasteiger partial charge in [0, 0.05) is 11.3 Å². The zero-order valence-corrected chi connectivity index (χ0v) is 16.0. The SMILES string of the molecule is CCC1=NC(=O)NC(c2ccc(C)cc2F)C1C(=O)OCC1CCCCC1. The van der Waals surface area contributed by atoms with Crippen LogP contribution in [0.3, 0.4) is 0 Å². The summed E-state index contributed by atoms with van der Waals surface area (Å²) in [7, 11) is 0. The van der Waals surface area contributed by atoms with Crippen molar-refractivity contribution in [3.05, 3.63) is 35.1 Å². The molecule has 1 aliphatic carbocycles. The lowest BCUT2D eigenvalue weighted by molar-refractivity contribution is -0.148. The van der Waals surface area contributed by atoms with Crippen molar-refractivity contribution in [2.24, 2.45) is 16.8 Å². The molecule has 0 aromatic heterocycles. The van der Waals surface area contributed by atoms with E-state index in [2.05, 4.69) is 10.3 Å². The Morgan fingerprint density at radius 3 is 2.70 bits per heavy atom. The van der Waals surface area contributed by atoms with Crippen LogP contribution in [0.25, 0.3) is 0 Å². The molecule has 0 spiro atoms. The second kappa shape index (κ2) is 8.63. The molecule has 1 saturated carbocycles. The van der Waals surface area contributed by atoms with Gasteiger partial charge in [0.2, 0.25) is 0 Å². The van der Waals surface area contributed by atoms with Gasteiger partial charge < -0.3 is 10.1 Å². The van der Waals surface area contributed by atoms with E-state index in [4.69, 9.17) is 4.74 Å². The van der Waals surface area contributed by atoms with Gasteiger partial charge in [0.05, 0.1) is 12.6 Å². The number of urea groups is 1. The molecule has 1 aromatic carbocycles. The van der Waals surface area contributed by atoms with Crippen LogP contribution in [-0.2, 0) is 9.53 Å². The molecule has 1 N–H and O–H groups in total. The van der Waals surface area contributed by atoms with Crippen molar-refractivity contribution in [3.8, 4) is 0 Å². The normalized spacial score (nSPS) is 23.5. The average Bonchev–Trinajstić information content (AvgIpc) is 2.66. The number of hydrogen-bond acceptors (Lipinski definition) is 3. The van der Waals surface area contributed by atoms with Gasteiger partial charge in [0.15, 0.2) is 0 Å². The Morgan fingerprint density at radius 2 is 2.04 bits per heavy atom. The molecule has 0 radical (unpaired) electrons. The van der Waals surface area contributed by atoms with Gasteiger partial charge in [-0.25, -0.2) is 14.2 Å². The summed E-state index contributed by atoms with van der Waals surface area (Å²) in [5.41, 5.74) is 1.51. The first-order valence-electron chi connectivity index (χ1n) is 9.80. The Bertz CT molecular complexity index is 741. The number of aryl methyl sites for hydroxylation is 1. The Hall–Kier alpha value is -2.24. The lowest BCUT2D eigenvalue weighted by Gasteiger charge is -2.31. The third kappa shape index (κ3) is 4.54. The molecule has 2 atom stereocenters. The fourth-order valence-electron chi connectivity index (χ4n) is 4.00. The summed E-state index contributed by atoms with van der Waals surface area (Å²) < 4.78 is 20.2. The molecule has 6 heteroatoms. The fourth-order valence-corrected chi connectivity index (χ4v) is 4.00. The van der Waals surface area contributed by atoms with Crippen molar-refractivity contribution in [3.63, 3.8) is 0 Å². The highest BCUT2D eigenvalue weighted by Gasteiger charge is 2.40. The Labute approximate surface area is 159 Å². The maximum absolute atomic E-state index is 14.6. The summed E-state index contributed by atoms with van der Waals surface area (Å²) in [6, 6.07) is 3.45. The van der Waals surface area contributed by atoms with Gasteiger partial charge in [-0.1, -0.05) is 38.3 Å². The zero-order valence-electron chi connectivity index (χ0n) is 16.0. The van der Waals surface area contributed by atoms with Crippen molar-refractivity contribution in [2.75, 3.05) is 6.61 Å². The summed E-state index contributed by atoms with van der Waals surface area (Å²) in [6.07, 6.45) is 6.14. The van der Waals surface area contributed by atoms with Crippen LogP contribution in [0.1, 0.15) is 62.6 Å². The van der Waals surface area contributed by atoms with E-state index < -0.39 is 29.8 Å². The number of nitrogens with one attached hydrogen (secondary N) is 1. The zero-order chi connectivity index (χ0) is 19.4. The van der Waals surface area contributed by atoms with Gasteiger partial charge >= 0.3 is 12.0 Å². The van der Waals surface area contributed by atoms with E-state index in [0.717, 1.165) is 18.4 Å². The third-order valence-electron chi connectivity index (χ3n) is 5.51. The van der Waals surface area contributed by atoms with Gasteiger partial charge in [0.1, 0.15) is 11.7 Å². The molecule has 0 bridgehead atoms. The van der Waals surface area contributed by atoms with Crippen molar-refractivity contribution in [1.29, 1.82) is 0 Å². The molecule has 27 heavy (non-hydrogen) atoms. The summed E-state index contributed by atoms with van der Waals surface area (Å²) in [5, 5.41) is 2.66. The summed E-state index contributed by atoms with van der Waals surface area (Å²) in [4.78, 5) is 28.9. The number of nitrogens with zero attached hydrogens (tertiary/aromatic N) is 1. The predicted molar refractivity (Wildman–Crippen MR) is 101 cm³/mol. The molecule has 146 valence electrons. The van der Waals surface area contributed by atoms with Gasteiger partial charge in [0.25, 0.3) is 0 Å². The Morgan fingerprint density at radius 1 is 1.30 bits per heavy atom. The fraction of sp³-hybridized carbons (Fsp3) is 0.571. The number of carbonyl (C=O) groups excluding carboxylic acids is 2. The first kappa shape index (κ1) is 19.5. The second-order valence-electron chi connectivity index (χ2n) is 7.52. The topological polar surface area (TPSA) is 67.8 Å². The highest BCUT2D eigenvalue weighted by molar-refractivity contribution is 6.09. The molecule has 5 nitrogen and oxygen atoms in total. The smallest absolute Gasteiger partial charge is 0.341 e. The number of rotatable bonds is 5. The molecule has 1 aromatic rings. The number of amides is 2. The summed E-state index contributed by atoms with van der Waals surface area (Å²) >= 11 is 0. The number of esters is 1. The largest absolute Gasteiger partial charge is 0.465 e. The highest BCUT2D eigenvalue weighted by Crippen LogP contribution is 2.32. The van der Waals surface area contributed by atoms with Crippen LogP contribution >= 0.6 is 0 Å². The predicted octanol–water partition coefficient (Wildman–Crippen LogP) is 4.49. The van der Waals surface area contributed by atoms with E-state index in [0.29, 0.717) is 24.7 Å². The highest BCUT2D eigenvalue weighted by atomic mass is 19.1. The minimum atomic E-state index is -0.801. The first-order valence-corrected chi connectivity index (χ1v) is 9.80. The van der Waals surface area contributed by atoms with Gasteiger partial charge in [-0.05, 0) is 43.7 Å². The number of hydrogen-bond donors (Lipinski definition) is 1. The Kier molecular flexibility index (Phi) is 6.24. The molecule has 2 unspecified atom stereocenters. The van der Waals surface area contributed by atoms with E-state index in [1.165, 1.54) is 25.3 Å². The average molecular weight is 374 g/mol. The van der Waals surface area contributed by atoms with E-state index in [1.807, 2.05) is 6.92 Å². The quantitative estimate of drug-likeness (QED) is 0.772. The van der Waals surface area contributed by atoms with Crippen LogP contribution < -0.4 is 5.32 Å². The monoisotopic (exact) mass is 374 g/mol. The van der Waals surface area contributed by atoms with Gasteiger partial charge in [-0.3, -0.25) is 4.79 Å². The van der Waals surface area contributed by atoms with E-state index in [9.17, 15) is 14.0 Å². The van der Waals surface area contributed by atoms with Crippen LogP contribution in [0.2, 0.25) is 0 Å². The van der Waals surface area contributed by atoms with Crippen LogP contribution in [0.5, 0.6) is 0 Å². The van der Waals surface area contributed by atoms with E-state index in [1.54, 1.807) is 19.1 Å². The number of halogens is 1. The number of ether oxygens (including phenoxy) is 1. The second-order valence-corrected chi connectivity index (χ2v) is 7.52. The van der Waals surface area contributed by atoms with Crippen molar-refractivity contribution >= 4 is 17.7 Å². The molecule has 1 heterocycles. The molecule has 3 rings (SSSR count). The van der Waals surface area contributed by atoms with E-state index in [-0.39, 0.29) is 5.56 Å². The molecule has 1 aliphatic heterocycles. The van der Waals surface area contributed by atoms with Gasteiger partial charge in [-0.15, -0.1) is 0 Å². The lowest BCUT2D eigenvalue weighted by Crippen LogP contribution is -2.45. The van der Waals surface area contributed by atoms with Crippen LogP contribution in [0, 0.1) is 24.6 Å². The number of carbonyl (C=O) groups is 2. The summed E-state index contributed by atoms with van der Waals surface area (Å²) in [6.45, 7) is 4.01. The molecular formula is C21H27FN2O3. The summed E-state index contributed by atoms with van der Waals surface area (Å²) in [5.74, 6) is -1.29. The molecule has 2 aliphatic rings. The van der Waals surface area contributed by atoms with E-state index >= 15 is 0 Å². The minimum absolute atomic E-state index is 0.286. The van der Waals surface area contributed by atoms with Crippen molar-refractivity contribution < 1.29 is 18.7 Å². The van der Waals surface area contributed by atoms with Gasteiger partial charge in [-0.2, -0.15) is 0 Å². The molecule has 0 saturated heterocycles.